The van der Waals surface area contributed by atoms with Gasteiger partial charge in [0, 0.05) is 5.56 Å². The normalized spacial score (nSPS) is 16.6. The molecule has 0 heterocycles. The maximum atomic E-state index is 5.89. The molecule has 0 unspecified atom stereocenters. The molecule has 20 heavy (non-hydrogen) atoms. The third-order valence-electron chi connectivity index (χ3n) is 3.63. The third-order valence-corrected chi connectivity index (χ3v) is 3.86. The molecule has 2 rings (SSSR count). The minimum absolute atomic E-state index is 0.394. The van der Waals surface area contributed by atoms with E-state index in [9.17, 15) is 0 Å². The quantitative estimate of drug-likeness (QED) is 0.496. The number of benzene rings is 1. The summed E-state index contributed by atoms with van der Waals surface area (Å²) in [4.78, 5) is 0.394. The van der Waals surface area contributed by atoms with Crippen LogP contribution in [0.3, 0.4) is 0 Å². The van der Waals surface area contributed by atoms with Crippen LogP contribution in [-0.4, -0.2) is 24.3 Å². The highest BCUT2D eigenvalue weighted by molar-refractivity contribution is 7.80. The first-order valence-electron chi connectivity index (χ1n) is 7.40. The van der Waals surface area contributed by atoms with Crippen LogP contribution >= 0.6 is 12.2 Å². The van der Waals surface area contributed by atoms with Crippen molar-refractivity contribution in [3.05, 3.63) is 29.8 Å². The molecule has 110 valence electrons. The molecule has 2 N–H and O–H groups in total. The highest BCUT2D eigenvalue weighted by Crippen LogP contribution is 2.19. The molecule has 0 radical (unpaired) electrons. The van der Waals surface area contributed by atoms with Gasteiger partial charge in [-0.1, -0.05) is 50.0 Å². The maximum Gasteiger partial charge on any atom is 0.120 e. The molecule has 1 aliphatic carbocycles. The molecule has 3 nitrogen and oxygen atoms in total. The molecular weight excluding hydrogens is 270 g/mol. The Bertz CT molecular complexity index is 428. The van der Waals surface area contributed by atoms with Crippen LogP contribution in [0.1, 0.15) is 44.1 Å². The molecule has 1 aliphatic rings. The number of thiocarbonyl (C=S) groups is 1. The van der Waals surface area contributed by atoms with Crippen LogP contribution in [0.15, 0.2) is 24.3 Å². The standard InChI is InChI=1S/C16H23NO2S/c17-16(20)13-6-5-9-15(12-13)19-11-10-18-14-7-3-1-2-4-8-14/h5-6,9,12,14H,1-4,7-8,10-11H2,(H2,17,20). The monoisotopic (exact) mass is 293 g/mol. The Kier molecular flexibility index (Phi) is 6.27. The summed E-state index contributed by atoms with van der Waals surface area (Å²) in [5.74, 6) is 0.791. The van der Waals surface area contributed by atoms with Crippen LogP contribution in [0.25, 0.3) is 0 Å². The van der Waals surface area contributed by atoms with Crippen molar-refractivity contribution in [2.75, 3.05) is 13.2 Å². The van der Waals surface area contributed by atoms with Gasteiger partial charge >= 0.3 is 0 Å². The summed E-state index contributed by atoms with van der Waals surface area (Å²) < 4.78 is 11.6. The summed E-state index contributed by atoms with van der Waals surface area (Å²) in [5.41, 5.74) is 6.44. The summed E-state index contributed by atoms with van der Waals surface area (Å²) >= 11 is 4.95. The van der Waals surface area contributed by atoms with E-state index in [1.807, 2.05) is 24.3 Å². The lowest BCUT2D eigenvalue weighted by molar-refractivity contribution is 0.0254. The van der Waals surface area contributed by atoms with Crippen LogP contribution in [0.2, 0.25) is 0 Å². The molecule has 1 saturated carbocycles. The van der Waals surface area contributed by atoms with E-state index >= 15 is 0 Å². The molecular formula is C16H23NO2S. The van der Waals surface area contributed by atoms with Gasteiger partial charge in [0.2, 0.25) is 0 Å². The van der Waals surface area contributed by atoms with Gasteiger partial charge in [0.1, 0.15) is 17.3 Å². The van der Waals surface area contributed by atoms with E-state index in [2.05, 4.69) is 0 Å². The predicted octanol–water partition coefficient (Wildman–Crippen LogP) is 3.44. The molecule has 0 saturated heterocycles. The summed E-state index contributed by atoms with van der Waals surface area (Å²) in [7, 11) is 0. The number of rotatable bonds is 6. The zero-order chi connectivity index (χ0) is 14.2. The summed E-state index contributed by atoms with van der Waals surface area (Å²) in [5, 5.41) is 0. The van der Waals surface area contributed by atoms with Crippen molar-refractivity contribution < 1.29 is 9.47 Å². The van der Waals surface area contributed by atoms with Crippen molar-refractivity contribution in [2.45, 2.75) is 44.6 Å². The van der Waals surface area contributed by atoms with E-state index in [0.29, 0.717) is 24.3 Å². The van der Waals surface area contributed by atoms with E-state index in [4.69, 9.17) is 27.4 Å². The maximum absolute atomic E-state index is 5.89. The summed E-state index contributed by atoms with van der Waals surface area (Å²) in [6.45, 7) is 1.21. The van der Waals surface area contributed by atoms with Crippen LogP contribution < -0.4 is 10.5 Å². The first-order valence-corrected chi connectivity index (χ1v) is 7.81. The van der Waals surface area contributed by atoms with E-state index in [0.717, 1.165) is 11.3 Å². The fourth-order valence-corrected chi connectivity index (χ4v) is 2.65. The van der Waals surface area contributed by atoms with Gasteiger partial charge in [-0.25, -0.2) is 0 Å². The van der Waals surface area contributed by atoms with Crippen LogP contribution in [0.5, 0.6) is 5.75 Å². The smallest absolute Gasteiger partial charge is 0.120 e. The van der Waals surface area contributed by atoms with Crippen LogP contribution in [0, 0.1) is 0 Å². The van der Waals surface area contributed by atoms with Gasteiger partial charge in [-0.15, -0.1) is 0 Å². The summed E-state index contributed by atoms with van der Waals surface area (Å²) in [6, 6.07) is 7.56. The Morgan fingerprint density at radius 1 is 1.15 bits per heavy atom. The average Bonchev–Trinajstić information content (AvgIpc) is 2.72. The van der Waals surface area contributed by atoms with Gasteiger partial charge in [0.15, 0.2) is 0 Å². The van der Waals surface area contributed by atoms with E-state index < -0.39 is 0 Å². The van der Waals surface area contributed by atoms with Crippen molar-refractivity contribution >= 4 is 17.2 Å². The Morgan fingerprint density at radius 3 is 2.60 bits per heavy atom. The minimum atomic E-state index is 0.394. The first kappa shape index (κ1) is 15.3. The zero-order valence-electron chi connectivity index (χ0n) is 11.8. The fourth-order valence-electron chi connectivity index (χ4n) is 2.52. The van der Waals surface area contributed by atoms with Crippen molar-refractivity contribution in [1.29, 1.82) is 0 Å². The number of nitrogens with two attached hydrogens (primary N) is 1. The number of ether oxygens (including phenoxy) is 2. The van der Waals surface area contributed by atoms with Crippen LogP contribution in [0.4, 0.5) is 0 Å². The Labute approximate surface area is 126 Å². The molecule has 1 aromatic carbocycles. The second-order valence-corrected chi connectivity index (χ2v) is 5.66. The topological polar surface area (TPSA) is 44.5 Å². The fraction of sp³-hybridized carbons (Fsp3) is 0.562. The van der Waals surface area contributed by atoms with Crippen molar-refractivity contribution in [1.82, 2.24) is 0 Å². The number of hydrogen-bond acceptors (Lipinski definition) is 3. The van der Waals surface area contributed by atoms with Crippen LogP contribution in [-0.2, 0) is 4.74 Å². The lowest BCUT2D eigenvalue weighted by atomic mass is 10.1. The Balaban J connectivity index is 1.70. The van der Waals surface area contributed by atoms with Crippen molar-refractivity contribution in [3.8, 4) is 5.75 Å². The van der Waals surface area contributed by atoms with E-state index in [1.165, 1.54) is 38.5 Å². The SMILES string of the molecule is NC(=S)c1cccc(OCCOC2CCCCCC2)c1. The van der Waals surface area contributed by atoms with Gasteiger partial charge in [0.05, 0.1) is 12.7 Å². The molecule has 0 aromatic heterocycles. The third kappa shape index (κ3) is 5.10. The second-order valence-electron chi connectivity index (χ2n) is 5.22. The number of hydrogen-bond donors (Lipinski definition) is 1. The minimum Gasteiger partial charge on any atom is -0.491 e. The second kappa shape index (κ2) is 8.22. The predicted molar refractivity (Wildman–Crippen MR) is 85.3 cm³/mol. The first-order chi connectivity index (χ1) is 9.75. The van der Waals surface area contributed by atoms with E-state index in [1.54, 1.807) is 0 Å². The molecule has 0 aliphatic heterocycles. The largest absolute Gasteiger partial charge is 0.491 e. The molecule has 0 atom stereocenters. The molecule has 1 fully saturated rings. The van der Waals surface area contributed by atoms with Gasteiger partial charge in [-0.2, -0.15) is 0 Å². The lowest BCUT2D eigenvalue weighted by Crippen LogP contribution is -2.16. The molecule has 0 amide bonds. The Morgan fingerprint density at radius 2 is 1.90 bits per heavy atom. The van der Waals surface area contributed by atoms with Gasteiger partial charge < -0.3 is 15.2 Å². The molecule has 1 aromatic rings. The average molecular weight is 293 g/mol. The highest BCUT2D eigenvalue weighted by Gasteiger charge is 2.12. The zero-order valence-corrected chi connectivity index (χ0v) is 12.7. The van der Waals surface area contributed by atoms with Gasteiger partial charge in [-0.3, -0.25) is 0 Å². The molecule has 4 heteroatoms. The lowest BCUT2D eigenvalue weighted by Gasteiger charge is -2.15. The molecule has 0 bridgehead atoms. The van der Waals surface area contributed by atoms with Crippen molar-refractivity contribution in [2.24, 2.45) is 5.73 Å². The van der Waals surface area contributed by atoms with Crippen molar-refractivity contribution in [3.63, 3.8) is 0 Å². The summed E-state index contributed by atoms with van der Waals surface area (Å²) in [6.07, 6.45) is 8.09. The van der Waals surface area contributed by atoms with Gasteiger partial charge in [0.25, 0.3) is 0 Å². The van der Waals surface area contributed by atoms with Gasteiger partial charge in [-0.05, 0) is 25.0 Å². The van der Waals surface area contributed by atoms with E-state index in [-0.39, 0.29) is 0 Å². The highest BCUT2D eigenvalue weighted by atomic mass is 32.1. The Hall–Kier alpha value is -1.13. The molecule has 0 spiro atoms.